The van der Waals surface area contributed by atoms with Gasteiger partial charge < -0.3 is 15.1 Å². The fraction of sp³-hybridized carbons (Fsp3) is 0.321. The Balaban J connectivity index is 1.63. The summed E-state index contributed by atoms with van der Waals surface area (Å²) in [5, 5.41) is 0. The average molecular weight is 459 g/mol. The van der Waals surface area contributed by atoms with Crippen LogP contribution in [0.1, 0.15) is 41.3 Å². The molecular weight excluding hydrogens is 426 g/mol. The van der Waals surface area contributed by atoms with Crippen LogP contribution in [0.4, 0.5) is 11.4 Å². The Labute approximate surface area is 201 Å². The number of carbonyl (C=O) groups is 1. The highest BCUT2D eigenvalue weighted by Crippen LogP contribution is 2.51. The Bertz CT molecular complexity index is 1170. The molecule has 3 aromatic rings. The minimum absolute atomic E-state index is 0.235. The van der Waals surface area contributed by atoms with Crippen molar-refractivity contribution in [3.8, 4) is 0 Å². The highest BCUT2D eigenvalue weighted by molar-refractivity contribution is 7.99. The molecule has 170 valence electrons. The first-order valence-corrected chi connectivity index (χ1v) is 12.7. The summed E-state index contributed by atoms with van der Waals surface area (Å²) in [7, 11) is 2.37. The number of hydrogen-bond acceptors (Lipinski definition) is 3. The van der Waals surface area contributed by atoms with Crippen molar-refractivity contribution in [2.24, 2.45) is 5.73 Å². The lowest BCUT2D eigenvalue weighted by molar-refractivity contribution is -0.898. The summed E-state index contributed by atoms with van der Waals surface area (Å²) in [6.45, 7) is 5.78. The van der Waals surface area contributed by atoms with E-state index < -0.39 is 0 Å². The first kappa shape index (κ1) is 22.1. The molecule has 5 rings (SSSR count). The molecule has 0 saturated carbocycles. The number of fused-ring (bicyclic) bond motifs is 2. The van der Waals surface area contributed by atoms with Gasteiger partial charge in [0.05, 0.1) is 49.7 Å². The van der Waals surface area contributed by atoms with Gasteiger partial charge in [-0.2, -0.15) is 0 Å². The lowest BCUT2D eigenvalue weighted by Gasteiger charge is -2.42. The van der Waals surface area contributed by atoms with E-state index in [4.69, 9.17) is 5.73 Å². The van der Waals surface area contributed by atoms with Crippen molar-refractivity contribution >= 4 is 29.0 Å². The lowest BCUT2D eigenvalue weighted by atomic mass is 9.96. The number of para-hydroxylation sites is 1. The maximum absolute atomic E-state index is 13.0. The highest BCUT2D eigenvalue weighted by Gasteiger charge is 2.36. The monoisotopic (exact) mass is 458 g/mol. The molecule has 0 aromatic heterocycles. The molecule has 1 atom stereocenters. The molecule has 0 radical (unpaired) electrons. The molecule has 1 unspecified atom stereocenters. The van der Waals surface area contributed by atoms with Crippen molar-refractivity contribution in [2.75, 3.05) is 31.6 Å². The number of hydrogen-bond donors (Lipinski definition) is 1. The third-order valence-corrected chi connectivity index (χ3v) is 8.20. The second-order valence-electron chi connectivity index (χ2n) is 9.72. The van der Waals surface area contributed by atoms with Gasteiger partial charge in [0, 0.05) is 22.6 Å². The van der Waals surface area contributed by atoms with E-state index >= 15 is 0 Å². The number of nitrogens with two attached hydrogens (primary N) is 1. The molecule has 1 amide bonds. The van der Waals surface area contributed by atoms with Gasteiger partial charge >= 0.3 is 0 Å². The zero-order valence-corrected chi connectivity index (χ0v) is 20.3. The number of anilines is 2. The number of amides is 1. The Morgan fingerprint density at radius 2 is 1.70 bits per heavy atom. The van der Waals surface area contributed by atoms with Crippen LogP contribution in [-0.4, -0.2) is 43.1 Å². The maximum atomic E-state index is 13.0. The van der Waals surface area contributed by atoms with Gasteiger partial charge in [0.2, 0.25) is 0 Å². The van der Waals surface area contributed by atoms with Gasteiger partial charge in [-0.25, -0.2) is 0 Å². The van der Waals surface area contributed by atoms with Crippen LogP contribution in [0.2, 0.25) is 0 Å². The molecule has 0 aliphatic carbocycles. The molecule has 0 spiro atoms. The van der Waals surface area contributed by atoms with Crippen molar-refractivity contribution < 1.29 is 9.28 Å². The lowest BCUT2D eigenvalue weighted by Crippen LogP contribution is -2.50. The second kappa shape index (κ2) is 8.88. The summed E-state index contributed by atoms with van der Waals surface area (Å²) in [4.78, 5) is 17.7. The third kappa shape index (κ3) is 4.28. The molecule has 4 nitrogen and oxygen atoms in total. The Morgan fingerprint density at radius 1 is 1.00 bits per heavy atom. The highest BCUT2D eigenvalue weighted by atomic mass is 32.2. The number of likely N-dealkylation sites (tertiary alicyclic amines) is 1. The van der Waals surface area contributed by atoms with Crippen molar-refractivity contribution in [3.05, 3.63) is 83.4 Å². The SMILES string of the molecule is CC(C[N+]1(C)CCCC1)N1c2ccccc2Sc2ccc(Cc3ccccc3)c(C(N)=O)c21. The smallest absolute Gasteiger partial charge is 0.251 e. The van der Waals surface area contributed by atoms with E-state index in [2.05, 4.69) is 67.4 Å². The number of quaternary nitrogens is 1. The zero-order chi connectivity index (χ0) is 23.0. The number of carbonyl (C=O) groups excluding carboxylic acids is 1. The van der Waals surface area contributed by atoms with Gasteiger partial charge in [-0.3, -0.25) is 4.79 Å². The summed E-state index contributed by atoms with van der Waals surface area (Å²) in [5.41, 5.74) is 11.1. The number of primary amides is 1. The van der Waals surface area contributed by atoms with Crippen LogP contribution in [0.3, 0.4) is 0 Å². The number of benzene rings is 3. The fourth-order valence-electron chi connectivity index (χ4n) is 5.61. The first-order chi connectivity index (χ1) is 16.0. The van der Waals surface area contributed by atoms with Gasteiger partial charge in [-0.15, -0.1) is 0 Å². The molecule has 5 heteroatoms. The topological polar surface area (TPSA) is 46.3 Å². The molecule has 0 bridgehead atoms. The van der Waals surface area contributed by atoms with Crippen LogP contribution in [0.25, 0.3) is 0 Å². The van der Waals surface area contributed by atoms with Crippen LogP contribution >= 0.6 is 11.8 Å². The van der Waals surface area contributed by atoms with Gasteiger partial charge in [0.1, 0.15) is 0 Å². The summed E-state index contributed by atoms with van der Waals surface area (Å²) < 4.78 is 1.08. The minimum Gasteiger partial charge on any atom is -0.366 e. The van der Waals surface area contributed by atoms with E-state index in [1.807, 2.05) is 18.2 Å². The van der Waals surface area contributed by atoms with Crippen molar-refractivity contribution in [3.63, 3.8) is 0 Å². The van der Waals surface area contributed by atoms with Crippen LogP contribution in [0, 0.1) is 0 Å². The third-order valence-electron chi connectivity index (χ3n) is 7.09. The standard InChI is InChI=1S/C28H31N3OS/c1-20(19-31(2)16-8-9-17-31)30-23-12-6-7-13-24(23)33-25-15-14-22(26(27(25)30)28(29)32)18-21-10-4-3-5-11-21/h3-7,10-15,20H,8-9,16-19H2,1-2H3,(H-,29,32)/p+1. The predicted molar refractivity (Wildman–Crippen MR) is 136 cm³/mol. The van der Waals surface area contributed by atoms with Crippen LogP contribution < -0.4 is 10.6 Å². The maximum Gasteiger partial charge on any atom is 0.251 e. The van der Waals surface area contributed by atoms with E-state index in [1.165, 1.54) is 42.1 Å². The zero-order valence-electron chi connectivity index (χ0n) is 19.5. The average Bonchev–Trinajstić information content (AvgIpc) is 3.23. The van der Waals surface area contributed by atoms with E-state index in [-0.39, 0.29) is 11.9 Å². The van der Waals surface area contributed by atoms with Crippen LogP contribution in [0.5, 0.6) is 0 Å². The molecular formula is C28H32N3OS+. The van der Waals surface area contributed by atoms with Crippen molar-refractivity contribution in [1.82, 2.24) is 0 Å². The second-order valence-corrected chi connectivity index (χ2v) is 10.8. The van der Waals surface area contributed by atoms with Gasteiger partial charge in [0.25, 0.3) is 5.91 Å². The molecule has 33 heavy (non-hydrogen) atoms. The summed E-state index contributed by atoms with van der Waals surface area (Å²) in [6, 6.07) is 23.3. The minimum atomic E-state index is -0.350. The van der Waals surface area contributed by atoms with Crippen molar-refractivity contribution in [1.29, 1.82) is 0 Å². The van der Waals surface area contributed by atoms with Crippen LogP contribution in [-0.2, 0) is 6.42 Å². The Morgan fingerprint density at radius 3 is 2.42 bits per heavy atom. The van der Waals surface area contributed by atoms with Gasteiger partial charge in [-0.05, 0) is 42.7 Å². The van der Waals surface area contributed by atoms with Crippen LogP contribution in [0.15, 0.2) is 76.5 Å². The number of nitrogens with zero attached hydrogens (tertiary/aromatic N) is 2. The van der Waals surface area contributed by atoms with E-state index in [0.29, 0.717) is 12.0 Å². The molecule has 1 saturated heterocycles. The molecule has 3 aromatic carbocycles. The molecule has 1 fully saturated rings. The van der Waals surface area contributed by atoms with Gasteiger partial charge in [-0.1, -0.05) is 60.3 Å². The predicted octanol–water partition coefficient (Wildman–Crippen LogP) is 5.61. The molecule has 2 aliphatic heterocycles. The van der Waals surface area contributed by atoms with E-state index in [1.54, 1.807) is 11.8 Å². The summed E-state index contributed by atoms with van der Waals surface area (Å²) in [6.07, 6.45) is 3.27. The number of likely N-dealkylation sites (N-methyl/N-ethyl adjacent to an activating group) is 1. The fourth-order valence-corrected chi connectivity index (χ4v) is 6.70. The summed E-state index contributed by atoms with van der Waals surface area (Å²) >= 11 is 1.74. The molecule has 2 aliphatic rings. The molecule has 2 N–H and O–H groups in total. The Kier molecular flexibility index (Phi) is 5.94. The van der Waals surface area contributed by atoms with Crippen molar-refractivity contribution in [2.45, 2.75) is 42.0 Å². The summed E-state index contributed by atoms with van der Waals surface area (Å²) in [5.74, 6) is -0.350. The first-order valence-electron chi connectivity index (χ1n) is 11.8. The largest absolute Gasteiger partial charge is 0.366 e. The molecule has 2 heterocycles. The van der Waals surface area contributed by atoms with Gasteiger partial charge in [0.15, 0.2) is 0 Å². The normalized spacial score (nSPS) is 17.3. The quantitative estimate of drug-likeness (QED) is 0.489. The Hall–Kier alpha value is -2.76. The number of rotatable bonds is 6. The van der Waals surface area contributed by atoms with E-state index in [9.17, 15) is 4.79 Å². The van der Waals surface area contributed by atoms with E-state index in [0.717, 1.165) is 27.2 Å².